The highest BCUT2D eigenvalue weighted by atomic mass is 19.1. The Labute approximate surface area is 252 Å². The van der Waals surface area contributed by atoms with Crippen LogP contribution in [-0.4, -0.2) is 41.2 Å². The summed E-state index contributed by atoms with van der Waals surface area (Å²) in [6, 6.07) is 6.97. The molecular weight excluding hydrogens is 549 g/mol. The highest BCUT2D eigenvalue weighted by Gasteiger charge is 2.38. The van der Waals surface area contributed by atoms with Crippen molar-refractivity contribution in [3.8, 4) is 22.6 Å². The number of rotatable bonds is 6. The molecule has 0 saturated carbocycles. The van der Waals surface area contributed by atoms with Crippen molar-refractivity contribution in [3.05, 3.63) is 80.2 Å². The standard InChI is InChI=1S/C35H40FNO6/c1-18-11-12-28(41-8)24(14-18)33(38)37-16-25-20(3)29(23-15-27(36)31-22(19(23)2)10-9-13-42-31)30(21(4)26(25)17-37)32(34(39)40)43-35(5,6)7/h11-12,14-15,32H,9-10,13,16-17H2,1-8H3,(H,39,40)/t32-/m0/s1. The third-order valence-electron chi connectivity index (χ3n) is 8.55. The lowest BCUT2D eigenvalue weighted by Crippen LogP contribution is -2.29. The first kappa shape index (κ1) is 30.5. The van der Waals surface area contributed by atoms with Gasteiger partial charge in [-0.15, -0.1) is 0 Å². The van der Waals surface area contributed by atoms with E-state index in [2.05, 4.69) is 0 Å². The molecule has 8 heteroatoms. The van der Waals surface area contributed by atoms with E-state index in [0.717, 1.165) is 45.4 Å². The fourth-order valence-corrected chi connectivity index (χ4v) is 6.50. The molecule has 0 spiro atoms. The van der Waals surface area contributed by atoms with Gasteiger partial charge in [-0.3, -0.25) is 4.79 Å². The van der Waals surface area contributed by atoms with Crippen LogP contribution in [0.4, 0.5) is 4.39 Å². The van der Waals surface area contributed by atoms with Crippen LogP contribution < -0.4 is 9.47 Å². The third kappa shape index (κ3) is 5.49. The normalized spacial score (nSPS) is 15.0. The van der Waals surface area contributed by atoms with E-state index in [0.29, 0.717) is 54.1 Å². The van der Waals surface area contributed by atoms with E-state index in [1.54, 1.807) is 18.1 Å². The fraction of sp³-hybridized carbons (Fsp3) is 0.429. The lowest BCUT2D eigenvalue weighted by atomic mass is 9.81. The lowest BCUT2D eigenvalue weighted by molar-refractivity contribution is -0.160. The minimum atomic E-state index is -1.31. The average Bonchev–Trinajstić information content (AvgIpc) is 3.41. The second kappa shape index (κ2) is 11.3. The van der Waals surface area contributed by atoms with Crippen LogP contribution in [0.5, 0.6) is 11.5 Å². The maximum atomic E-state index is 15.6. The van der Waals surface area contributed by atoms with Gasteiger partial charge in [-0.05, 0) is 118 Å². The Morgan fingerprint density at radius 2 is 1.67 bits per heavy atom. The van der Waals surface area contributed by atoms with Crippen LogP contribution in [0.15, 0.2) is 24.3 Å². The maximum absolute atomic E-state index is 15.6. The first-order valence-corrected chi connectivity index (χ1v) is 14.7. The summed E-state index contributed by atoms with van der Waals surface area (Å²) < 4.78 is 33.0. The number of aryl methyl sites for hydroxylation is 1. The molecule has 7 nitrogen and oxygen atoms in total. The molecule has 2 heterocycles. The Hall–Kier alpha value is -3.91. The van der Waals surface area contributed by atoms with Crippen LogP contribution in [0.2, 0.25) is 0 Å². The van der Waals surface area contributed by atoms with Crippen molar-refractivity contribution in [1.82, 2.24) is 4.90 Å². The molecule has 5 rings (SSSR count). The van der Waals surface area contributed by atoms with Gasteiger partial charge in [-0.25, -0.2) is 9.18 Å². The van der Waals surface area contributed by atoms with E-state index < -0.39 is 23.5 Å². The van der Waals surface area contributed by atoms with Gasteiger partial charge < -0.3 is 24.2 Å². The van der Waals surface area contributed by atoms with Crippen molar-refractivity contribution < 1.29 is 33.3 Å². The molecule has 0 radical (unpaired) electrons. The van der Waals surface area contributed by atoms with Crippen LogP contribution >= 0.6 is 0 Å². The van der Waals surface area contributed by atoms with Crippen molar-refractivity contribution in [3.63, 3.8) is 0 Å². The van der Waals surface area contributed by atoms with Gasteiger partial charge in [0, 0.05) is 24.2 Å². The van der Waals surface area contributed by atoms with E-state index in [4.69, 9.17) is 14.2 Å². The van der Waals surface area contributed by atoms with E-state index in [1.807, 2.05) is 60.6 Å². The summed E-state index contributed by atoms with van der Waals surface area (Å²) in [6.07, 6.45) is 0.136. The zero-order chi connectivity index (χ0) is 31.4. The summed E-state index contributed by atoms with van der Waals surface area (Å²) in [7, 11) is 1.54. The highest BCUT2D eigenvalue weighted by Crippen LogP contribution is 2.47. The number of carboxylic acids is 1. The van der Waals surface area contributed by atoms with Gasteiger partial charge >= 0.3 is 5.97 Å². The van der Waals surface area contributed by atoms with E-state index in [-0.39, 0.29) is 11.7 Å². The molecule has 3 aromatic rings. The number of carbonyl (C=O) groups is 2. The molecule has 2 aliphatic heterocycles. The molecule has 0 aromatic heterocycles. The Morgan fingerprint density at radius 1 is 1.00 bits per heavy atom. The predicted molar refractivity (Wildman–Crippen MR) is 162 cm³/mol. The van der Waals surface area contributed by atoms with Gasteiger partial charge in [-0.2, -0.15) is 0 Å². The molecule has 1 amide bonds. The second-order valence-corrected chi connectivity index (χ2v) is 12.6. The van der Waals surface area contributed by atoms with Gasteiger partial charge in [0.05, 0.1) is 24.9 Å². The van der Waals surface area contributed by atoms with Crippen LogP contribution in [-0.2, 0) is 29.0 Å². The summed E-state index contributed by atoms with van der Waals surface area (Å²) in [5.41, 5.74) is 7.41. The van der Waals surface area contributed by atoms with Crippen molar-refractivity contribution in [1.29, 1.82) is 0 Å². The largest absolute Gasteiger partial charge is 0.496 e. The highest BCUT2D eigenvalue weighted by molar-refractivity contribution is 5.98. The fourth-order valence-electron chi connectivity index (χ4n) is 6.50. The second-order valence-electron chi connectivity index (χ2n) is 12.6. The predicted octanol–water partition coefficient (Wildman–Crippen LogP) is 7.16. The molecule has 0 unspecified atom stereocenters. The number of carboxylic acid groups (broad SMARTS) is 1. The Bertz CT molecular complexity index is 1640. The zero-order valence-corrected chi connectivity index (χ0v) is 26.2. The number of methoxy groups -OCH3 is 1. The number of aliphatic carboxylic acids is 1. The number of amides is 1. The first-order chi connectivity index (χ1) is 20.2. The minimum absolute atomic E-state index is 0.174. The van der Waals surface area contributed by atoms with Crippen molar-refractivity contribution in [2.45, 2.75) is 86.1 Å². The van der Waals surface area contributed by atoms with Crippen LogP contribution in [0.3, 0.4) is 0 Å². The van der Waals surface area contributed by atoms with Crippen LogP contribution in [0.25, 0.3) is 11.1 Å². The summed E-state index contributed by atoms with van der Waals surface area (Å²) in [5.74, 6) is -1.01. The molecular formula is C35H40FNO6. The SMILES string of the molecule is COc1ccc(C)cc1C(=O)N1Cc2c(C)c(-c3cc(F)c4c(c3C)CCCO4)c([C@H](OC(C)(C)C)C(=O)O)c(C)c2C1. The molecule has 0 bridgehead atoms. The molecule has 0 saturated heterocycles. The Balaban J connectivity index is 1.74. The van der Waals surface area contributed by atoms with Gasteiger partial charge in [-0.1, -0.05) is 11.6 Å². The number of hydrogen-bond acceptors (Lipinski definition) is 5. The number of benzene rings is 3. The molecule has 0 aliphatic carbocycles. The molecule has 0 fully saturated rings. The number of ether oxygens (including phenoxy) is 3. The Kier molecular flexibility index (Phi) is 8.03. The van der Waals surface area contributed by atoms with Crippen molar-refractivity contribution in [2.75, 3.05) is 13.7 Å². The van der Waals surface area contributed by atoms with Crippen LogP contribution in [0, 0.1) is 33.5 Å². The quantitative estimate of drug-likeness (QED) is 0.329. The zero-order valence-electron chi connectivity index (χ0n) is 26.2. The van der Waals surface area contributed by atoms with Crippen molar-refractivity contribution >= 4 is 11.9 Å². The molecule has 2 aliphatic rings. The molecule has 43 heavy (non-hydrogen) atoms. The van der Waals surface area contributed by atoms with E-state index in [9.17, 15) is 14.7 Å². The number of carbonyl (C=O) groups excluding carboxylic acids is 1. The molecule has 228 valence electrons. The average molecular weight is 590 g/mol. The van der Waals surface area contributed by atoms with E-state index in [1.165, 1.54) is 6.07 Å². The monoisotopic (exact) mass is 589 g/mol. The van der Waals surface area contributed by atoms with Gasteiger partial charge in [0.2, 0.25) is 0 Å². The lowest BCUT2D eigenvalue weighted by Gasteiger charge is -2.31. The number of halogens is 1. The maximum Gasteiger partial charge on any atom is 0.337 e. The summed E-state index contributed by atoms with van der Waals surface area (Å²) in [5, 5.41) is 10.5. The van der Waals surface area contributed by atoms with E-state index >= 15 is 4.39 Å². The van der Waals surface area contributed by atoms with Gasteiger partial charge in [0.15, 0.2) is 17.7 Å². The van der Waals surface area contributed by atoms with Crippen molar-refractivity contribution in [2.24, 2.45) is 0 Å². The van der Waals surface area contributed by atoms with Gasteiger partial charge in [0.1, 0.15) is 5.75 Å². The summed E-state index contributed by atoms with van der Waals surface area (Å²) in [4.78, 5) is 28.5. The molecule has 1 N–H and O–H groups in total. The smallest absolute Gasteiger partial charge is 0.337 e. The topological polar surface area (TPSA) is 85.3 Å². The number of hydrogen-bond donors (Lipinski definition) is 1. The Morgan fingerprint density at radius 3 is 2.30 bits per heavy atom. The number of nitrogens with zero attached hydrogens (tertiary/aromatic N) is 1. The number of fused-ring (bicyclic) bond motifs is 2. The first-order valence-electron chi connectivity index (χ1n) is 14.7. The third-order valence-corrected chi connectivity index (χ3v) is 8.55. The van der Waals surface area contributed by atoms with Gasteiger partial charge in [0.25, 0.3) is 5.91 Å². The summed E-state index contributed by atoms with van der Waals surface area (Å²) >= 11 is 0. The molecule has 1 atom stereocenters. The van der Waals surface area contributed by atoms with Crippen LogP contribution in [0.1, 0.15) is 88.2 Å². The summed E-state index contributed by atoms with van der Waals surface area (Å²) in [6.45, 7) is 14.2. The molecule has 3 aromatic carbocycles. The minimum Gasteiger partial charge on any atom is -0.496 e.